The highest BCUT2D eigenvalue weighted by Gasteiger charge is 2.41. The molecule has 186 valence electrons. The summed E-state index contributed by atoms with van der Waals surface area (Å²) in [5.74, 6) is 0.753. The second-order valence-electron chi connectivity index (χ2n) is 9.05. The molecule has 2 heterocycles. The van der Waals surface area contributed by atoms with Crippen LogP contribution in [0.1, 0.15) is 37.3 Å². The van der Waals surface area contributed by atoms with Gasteiger partial charge in [-0.15, -0.1) is 0 Å². The van der Waals surface area contributed by atoms with Crippen molar-refractivity contribution >= 4 is 40.3 Å². The van der Waals surface area contributed by atoms with Crippen LogP contribution in [-0.4, -0.2) is 43.3 Å². The molecule has 10 heteroatoms. The molecule has 2 aromatic heterocycles. The topological polar surface area (TPSA) is 99.4 Å². The van der Waals surface area contributed by atoms with Gasteiger partial charge in [0.05, 0.1) is 18.7 Å². The third-order valence-corrected chi connectivity index (χ3v) is 6.98. The third kappa shape index (κ3) is 4.83. The van der Waals surface area contributed by atoms with Gasteiger partial charge in [-0.3, -0.25) is 4.79 Å². The van der Waals surface area contributed by atoms with Crippen molar-refractivity contribution in [2.45, 2.75) is 44.8 Å². The summed E-state index contributed by atoms with van der Waals surface area (Å²) in [4.78, 5) is 25.0. The standard InChI is InChI=1S/C26H24Cl2N4O4/c1-26(10-11-26)36-25-22-24(29-14-30-25)32(13-16-12-17(27)7-8-19(16)35-2)23(31-22)18-5-3-4-15(21(18)28)6-9-20(33)34/h3-5,7-8,12,14H,6,9-11,13H2,1-2H3,(H,33,34). The van der Waals surface area contributed by atoms with E-state index in [1.54, 1.807) is 13.2 Å². The van der Waals surface area contributed by atoms with Crippen LogP contribution in [0, 0.1) is 0 Å². The van der Waals surface area contributed by atoms with Crippen LogP contribution in [-0.2, 0) is 17.8 Å². The number of aryl methyl sites for hydroxylation is 1. The summed E-state index contributed by atoms with van der Waals surface area (Å²) in [7, 11) is 1.60. The first-order valence-electron chi connectivity index (χ1n) is 11.5. The third-order valence-electron chi connectivity index (χ3n) is 6.29. The van der Waals surface area contributed by atoms with Crippen LogP contribution >= 0.6 is 23.2 Å². The average molecular weight is 527 g/mol. The summed E-state index contributed by atoms with van der Waals surface area (Å²) in [6.07, 6.45) is 3.64. The molecule has 36 heavy (non-hydrogen) atoms. The molecule has 0 unspecified atom stereocenters. The summed E-state index contributed by atoms with van der Waals surface area (Å²) in [6.45, 7) is 2.39. The lowest BCUT2D eigenvalue weighted by Crippen LogP contribution is -2.13. The highest BCUT2D eigenvalue weighted by molar-refractivity contribution is 6.34. The molecule has 0 radical (unpaired) electrons. The van der Waals surface area contributed by atoms with Gasteiger partial charge in [-0.1, -0.05) is 35.3 Å². The Balaban J connectivity index is 1.69. The molecule has 1 saturated carbocycles. The predicted octanol–water partition coefficient (Wildman–Crippen LogP) is 5.81. The Hall–Kier alpha value is -3.36. The molecule has 1 fully saturated rings. The van der Waals surface area contributed by atoms with Crippen LogP contribution in [0.25, 0.3) is 22.6 Å². The van der Waals surface area contributed by atoms with Crippen molar-refractivity contribution in [3.63, 3.8) is 0 Å². The molecule has 1 aliphatic carbocycles. The van der Waals surface area contributed by atoms with Crippen LogP contribution in [0.15, 0.2) is 42.7 Å². The van der Waals surface area contributed by atoms with E-state index in [0.717, 1.165) is 24.0 Å². The van der Waals surface area contributed by atoms with E-state index in [1.165, 1.54) is 6.33 Å². The minimum Gasteiger partial charge on any atom is -0.496 e. The number of rotatable bonds is 9. The molecule has 0 bridgehead atoms. The highest BCUT2D eigenvalue weighted by Crippen LogP contribution is 2.41. The van der Waals surface area contributed by atoms with E-state index in [9.17, 15) is 4.79 Å². The first-order chi connectivity index (χ1) is 17.3. The summed E-state index contributed by atoms with van der Waals surface area (Å²) in [6, 6.07) is 10.9. The second kappa shape index (κ2) is 9.59. The van der Waals surface area contributed by atoms with E-state index < -0.39 is 5.97 Å². The number of imidazole rings is 1. The van der Waals surface area contributed by atoms with E-state index in [4.69, 9.17) is 42.8 Å². The number of carboxylic acid groups (broad SMARTS) is 1. The van der Waals surface area contributed by atoms with Gasteiger partial charge < -0.3 is 19.1 Å². The molecule has 4 aromatic rings. The van der Waals surface area contributed by atoms with Gasteiger partial charge in [0.2, 0.25) is 5.88 Å². The fraction of sp³-hybridized carbons (Fsp3) is 0.308. The fourth-order valence-corrected chi connectivity index (χ4v) is 4.59. The monoisotopic (exact) mass is 526 g/mol. The van der Waals surface area contributed by atoms with E-state index in [2.05, 4.69) is 9.97 Å². The zero-order valence-corrected chi connectivity index (χ0v) is 21.3. The molecule has 2 aromatic carbocycles. The number of fused-ring (bicyclic) bond motifs is 1. The number of halogens is 2. The number of ether oxygens (including phenoxy) is 2. The molecule has 0 saturated heterocycles. The van der Waals surface area contributed by atoms with Crippen LogP contribution in [0.3, 0.4) is 0 Å². The van der Waals surface area contributed by atoms with Gasteiger partial charge in [0, 0.05) is 22.6 Å². The van der Waals surface area contributed by atoms with E-state index in [-0.39, 0.29) is 12.0 Å². The van der Waals surface area contributed by atoms with Gasteiger partial charge in [-0.05, 0) is 56.0 Å². The minimum atomic E-state index is -0.887. The van der Waals surface area contributed by atoms with Crippen molar-refractivity contribution in [3.8, 4) is 23.0 Å². The smallest absolute Gasteiger partial charge is 0.303 e. The van der Waals surface area contributed by atoms with Gasteiger partial charge in [-0.2, -0.15) is 4.98 Å². The molecule has 1 aliphatic rings. The maximum absolute atomic E-state index is 11.1. The second-order valence-corrected chi connectivity index (χ2v) is 9.87. The Morgan fingerprint density at radius 2 is 1.97 bits per heavy atom. The molecule has 0 atom stereocenters. The Kier molecular flexibility index (Phi) is 6.49. The van der Waals surface area contributed by atoms with Crippen LogP contribution in [0.2, 0.25) is 10.0 Å². The normalized spacial score (nSPS) is 14.1. The summed E-state index contributed by atoms with van der Waals surface area (Å²) >= 11 is 13.1. The van der Waals surface area contributed by atoms with E-state index >= 15 is 0 Å². The van der Waals surface area contributed by atoms with Crippen LogP contribution in [0.4, 0.5) is 0 Å². The lowest BCUT2D eigenvalue weighted by atomic mass is 10.1. The number of carbonyl (C=O) groups is 1. The maximum Gasteiger partial charge on any atom is 0.303 e. The van der Waals surface area contributed by atoms with Crippen molar-refractivity contribution < 1.29 is 19.4 Å². The van der Waals surface area contributed by atoms with Crippen molar-refractivity contribution in [3.05, 3.63) is 63.9 Å². The lowest BCUT2D eigenvalue weighted by molar-refractivity contribution is -0.136. The Bertz CT molecular complexity index is 1470. The Morgan fingerprint density at radius 1 is 1.17 bits per heavy atom. The van der Waals surface area contributed by atoms with Gasteiger partial charge in [0.25, 0.3) is 0 Å². The van der Waals surface area contributed by atoms with Gasteiger partial charge in [-0.25, -0.2) is 9.97 Å². The van der Waals surface area contributed by atoms with Crippen LogP contribution in [0.5, 0.6) is 11.6 Å². The molecular formula is C26H24Cl2N4O4. The fourth-order valence-electron chi connectivity index (χ4n) is 4.09. The average Bonchev–Trinajstić information content (AvgIpc) is 3.46. The highest BCUT2D eigenvalue weighted by atomic mass is 35.5. The summed E-state index contributed by atoms with van der Waals surface area (Å²) < 4.78 is 13.7. The Morgan fingerprint density at radius 3 is 2.69 bits per heavy atom. The number of aromatic nitrogens is 4. The zero-order valence-electron chi connectivity index (χ0n) is 19.8. The molecule has 0 amide bonds. The van der Waals surface area contributed by atoms with E-state index in [1.807, 2.05) is 41.8 Å². The number of nitrogens with zero attached hydrogens (tertiary/aromatic N) is 4. The number of carboxylic acids is 1. The number of benzene rings is 2. The quantitative estimate of drug-likeness (QED) is 0.294. The molecule has 0 spiro atoms. The number of methoxy groups -OCH3 is 1. The first kappa shape index (κ1) is 24.3. The number of hydrogen-bond acceptors (Lipinski definition) is 6. The van der Waals surface area contributed by atoms with Crippen molar-refractivity contribution in [2.75, 3.05) is 7.11 Å². The summed E-state index contributed by atoms with van der Waals surface area (Å²) in [5, 5.41) is 10.2. The van der Waals surface area contributed by atoms with Crippen molar-refractivity contribution in [2.24, 2.45) is 0 Å². The maximum atomic E-state index is 11.1. The van der Waals surface area contributed by atoms with Gasteiger partial charge in [0.1, 0.15) is 23.5 Å². The summed E-state index contributed by atoms with van der Waals surface area (Å²) in [5.41, 5.74) is 3.06. The van der Waals surface area contributed by atoms with Gasteiger partial charge >= 0.3 is 5.97 Å². The van der Waals surface area contributed by atoms with Gasteiger partial charge in [0.15, 0.2) is 11.2 Å². The van der Waals surface area contributed by atoms with E-state index in [0.29, 0.717) is 57.2 Å². The molecule has 1 N–H and O–H groups in total. The molecular weight excluding hydrogens is 503 g/mol. The predicted molar refractivity (Wildman–Crippen MR) is 137 cm³/mol. The lowest BCUT2D eigenvalue weighted by Gasteiger charge is -2.14. The Labute approximate surface area is 217 Å². The van der Waals surface area contributed by atoms with Crippen molar-refractivity contribution in [1.82, 2.24) is 19.5 Å². The van der Waals surface area contributed by atoms with Crippen molar-refractivity contribution in [1.29, 1.82) is 0 Å². The molecule has 5 rings (SSSR count). The first-order valence-corrected chi connectivity index (χ1v) is 12.3. The molecule has 0 aliphatic heterocycles. The minimum absolute atomic E-state index is 0.0264. The molecule has 8 nitrogen and oxygen atoms in total. The van der Waals surface area contributed by atoms with Crippen LogP contribution < -0.4 is 9.47 Å². The number of hydrogen-bond donors (Lipinski definition) is 1. The largest absolute Gasteiger partial charge is 0.496 e. The SMILES string of the molecule is COc1ccc(Cl)cc1Cn1c(-c2cccc(CCC(=O)O)c2Cl)nc2c(OC3(C)CC3)ncnc21. The zero-order chi connectivity index (χ0) is 25.4. The number of aliphatic carboxylic acids is 1.